The molecule has 92 valence electrons. The second kappa shape index (κ2) is 5.56. The Labute approximate surface area is 111 Å². The first-order valence-electron chi connectivity index (χ1n) is 5.60. The molecule has 2 aromatic rings. The van der Waals surface area contributed by atoms with Crippen molar-refractivity contribution >= 4 is 17.0 Å². The first-order chi connectivity index (χ1) is 8.72. The molecular weight excluding hydrogens is 244 g/mol. The number of benzene rings is 1. The molecular formula is C14H14N2OS. The van der Waals surface area contributed by atoms with E-state index in [0.717, 1.165) is 33.3 Å². The molecule has 1 heterocycles. The summed E-state index contributed by atoms with van der Waals surface area (Å²) >= 11 is 1.52. The third-order valence-electron chi connectivity index (χ3n) is 2.66. The molecule has 1 aromatic carbocycles. The fourth-order valence-corrected chi connectivity index (χ4v) is 2.42. The van der Waals surface area contributed by atoms with Gasteiger partial charge in [-0.3, -0.25) is 0 Å². The summed E-state index contributed by atoms with van der Waals surface area (Å²) in [4.78, 5) is 1.90. The molecule has 0 atom stereocenters. The zero-order valence-corrected chi connectivity index (χ0v) is 11.2. The van der Waals surface area contributed by atoms with Gasteiger partial charge in [0.25, 0.3) is 0 Å². The summed E-state index contributed by atoms with van der Waals surface area (Å²) in [5.74, 6) is 0.862. The number of nitriles is 1. The summed E-state index contributed by atoms with van der Waals surface area (Å²) in [7, 11) is 1.66. The van der Waals surface area contributed by atoms with Crippen molar-refractivity contribution in [2.45, 2.75) is 13.5 Å². The Morgan fingerprint density at radius 2 is 2.17 bits per heavy atom. The van der Waals surface area contributed by atoms with Crippen LogP contribution in [0.3, 0.4) is 0 Å². The van der Waals surface area contributed by atoms with Crippen LogP contribution in [0.1, 0.15) is 15.3 Å². The Morgan fingerprint density at radius 3 is 2.78 bits per heavy atom. The molecule has 0 aliphatic carbocycles. The van der Waals surface area contributed by atoms with E-state index in [-0.39, 0.29) is 0 Å². The average Bonchev–Trinajstić information content (AvgIpc) is 2.85. The van der Waals surface area contributed by atoms with Crippen LogP contribution in [0.2, 0.25) is 0 Å². The highest BCUT2D eigenvalue weighted by molar-refractivity contribution is 7.12. The molecule has 0 amide bonds. The molecule has 4 heteroatoms. The van der Waals surface area contributed by atoms with Crippen LogP contribution in [-0.4, -0.2) is 7.11 Å². The summed E-state index contributed by atoms with van der Waals surface area (Å²) in [6.07, 6.45) is 0. The van der Waals surface area contributed by atoms with Gasteiger partial charge < -0.3 is 10.1 Å². The van der Waals surface area contributed by atoms with Crippen LogP contribution in [0.4, 0.5) is 5.69 Å². The van der Waals surface area contributed by atoms with Gasteiger partial charge in [-0.15, -0.1) is 11.3 Å². The average molecular weight is 258 g/mol. The second-order valence-electron chi connectivity index (χ2n) is 3.91. The minimum Gasteiger partial charge on any atom is -0.497 e. The van der Waals surface area contributed by atoms with Crippen molar-refractivity contribution in [2.75, 3.05) is 12.4 Å². The predicted molar refractivity (Wildman–Crippen MR) is 74.1 cm³/mol. The fourth-order valence-electron chi connectivity index (χ4n) is 1.68. The molecule has 3 nitrogen and oxygen atoms in total. The Kier molecular flexibility index (Phi) is 3.85. The highest BCUT2D eigenvalue weighted by Gasteiger charge is 2.02. The van der Waals surface area contributed by atoms with Crippen LogP contribution in [0, 0.1) is 18.3 Å². The third kappa shape index (κ3) is 2.82. The summed E-state index contributed by atoms with van der Waals surface area (Å²) in [5, 5.41) is 12.1. The summed E-state index contributed by atoms with van der Waals surface area (Å²) in [6, 6.07) is 11.9. The van der Waals surface area contributed by atoms with E-state index in [0.29, 0.717) is 0 Å². The van der Waals surface area contributed by atoms with E-state index >= 15 is 0 Å². The number of nitrogens with one attached hydrogen (secondary N) is 1. The molecule has 0 fully saturated rings. The molecule has 0 saturated heterocycles. The summed E-state index contributed by atoms with van der Waals surface area (Å²) in [6.45, 7) is 2.78. The molecule has 0 saturated carbocycles. The fraction of sp³-hybridized carbons (Fsp3) is 0.214. The van der Waals surface area contributed by atoms with E-state index in [2.05, 4.69) is 11.4 Å². The summed E-state index contributed by atoms with van der Waals surface area (Å²) < 4.78 is 5.17. The van der Waals surface area contributed by atoms with E-state index in [4.69, 9.17) is 10.00 Å². The molecule has 18 heavy (non-hydrogen) atoms. The zero-order chi connectivity index (χ0) is 13.0. The predicted octanol–water partition coefficient (Wildman–Crippen LogP) is 3.55. The van der Waals surface area contributed by atoms with Gasteiger partial charge in [0.2, 0.25) is 0 Å². The molecule has 1 N–H and O–H groups in total. The molecule has 0 spiro atoms. The van der Waals surface area contributed by atoms with E-state index in [1.165, 1.54) is 11.3 Å². The molecule has 1 aromatic heterocycles. The largest absolute Gasteiger partial charge is 0.497 e. The van der Waals surface area contributed by atoms with Crippen molar-refractivity contribution in [1.82, 2.24) is 0 Å². The Hall–Kier alpha value is -1.99. The minimum atomic E-state index is 0.736. The Balaban J connectivity index is 2.04. The minimum absolute atomic E-state index is 0.736. The lowest BCUT2D eigenvalue weighted by Crippen LogP contribution is -1.99. The zero-order valence-electron chi connectivity index (χ0n) is 10.4. The van der Waals surface area contributed by atoms with E-state index in [1.807, 2.05) is 37.3 Å². The lowest BCUT2D eigenvalue weighted by atomic mass is 10.2. The maximum atomic E-state index is 8.76. The number of ether oxygens (including phenoxy) is 1. The highest BCUT2D eigenvalue weighted by Crippen LogP contribution is 2.23. The van der Waals surface area contributed by atoms with Gasteiger partial charge in [0.15, 0.2) is 0 Å². The lowest BCUT2D eigenvalue weighted by Gasteiger charge is -2.09. The van der Waals surface area contributed by atoms with Crippen molar-refractivity contribution < 1.29 is 4.74 Å². The second-order valence-corrected chi connectivity index (χ2v) is 5.08. The van der Waals surface area contributed by atoms with Gasteiger partial charge in [-0.1, -0.05) is 0 Å². The lowest BCUT2D eigenvalue weighted by molar-refractivity contribution is 0.414. The van der Waals surface area contributed by atoms with E-state index < -0.39 is 0 Å². The van der Waals surface area contributed by atoms with Gasteiger partial charge in [0.05, 0.1) is 7.11 Å². The van der Waals surface area contributed by atoms with Gasteiger partial charge in [0.1, 0.15) is 16.7 Å². The van der Waals surface area contributed by atoms with Gasteiger partial charge in [-0.2, -0.15) is 5.26 Å². The molecule has 0 radical (unpaired) electrons. The van der Waals surface area contributed by atoms with Crippen LogP contribution in [-0.2, 0) is 6.54 Å². The first-order valence-corrected chi connectivity index (χ1v) is 6.42. The van der Waals surface area contributed by atoms with Crippen molar-refractivity contribution in [3.63, 3.8) is 0 Å². The number of nitrogens with zero attached hydrogens (tertiary/aromatic N) is 1. The van der Waals surface area contributed by atoms with Crippen molar-refractivity contribution in [1.29, 1.82) is 5.26 Å². The van der Waals surface area contributed by atoms with Crippen molar-refractivity contribution in [3.05, 3.63) is 45.6 Å². The van der Waals surface area contributed by atoms with Gasteiger partial charge in [0, 0.05) is 17.1 Å². The number of anilines is 1. The number of hydrogen-bond donors (Lipinski definition) is 1. The SMILES string of the molecule is COc1ccc(NCc2ccc(C#N)s2)c(C)c1. The Morgan fingerprint density at radius 1 is 1.33 bits per heavy atom. The Bertz CT molecular complexity index is 584. The van der Waals surface area contributed by atoms with E-state index in [9.17, 15) is 0 Å². The quantitative estimate of drug-likeness (QED) is 0.912. The van der Waals surface area contributed by atoms with Gasteiger partial charge >= 0.3 is 0 Å². The molecule has 0 aliphatic rings. The number of aryl methyl sites for hydroxylation is 1. The molecule has 0 unspecified atom stereocenters. The molecule has 0 bridgehead atoms. The third-order valence-corrected chi connectivity index (χ3v) is 3.65. The van der Waals surface area contributed by atoms with E-state index in [1.54, 1.807) is 7.11 Å². The number of methoxy groups -OCH3 is 1. The van der Waals surface area contributed by atoms with Crippen molar-refractivity contribution in [3.8, 4) is 11.8 Å². The van der Waals surface area contributed by atoms with Gasteiger partial charge in [-0.25, -0.2) is 0 Å². The maximum absolute atomic E-state index is 8.76. The molecule has 2 rings (SSSR count). The summed E-state index contributed by atoms with van der Waals surface area (Å²) in [5.41, 5.74) is 2.23. The maximum Gasteiger partial charge on any atom is 0.119 e. The van der Waals surface area contributed by atoms with Crippen LogP contribution in [0.5, 0.6) is 5.75 Å². The first kappa shape index (κ1) is 12.5. The van der Waals surface area contributed by atoms with Crippen LogP contribution in [0.25, 0.3) is 0 Å². The topological polar surface area (TPSA) is 45.0 Å². The van der Waals surface area contributed by atoms with Crippen molar-refractivity contribution in [2.24, 2.45) is 0 Å². The normalized spacial score (nSPS) is 9.83. The number of hydrogen-bond acceptors (Lipinski definition) is 4. The standard InChI is InChI=1S/C14H14N2OS/c1-10-7-11(17-2)3-6-14(10)16-9-13-5-4-12(8-15)18-13/h3-7,16H,9H2,1-2H3. The number of rotatable bonds is 4. The van der Waals surface area contributed by atoms with Crippen LogP contribution in [0.15, 0.2) is 30.3 Å². The monoisotopic (exact) mass is 258 g/mol. The van der Waals surface area contributed by atoms with Crippen LogP contribution < -0.4 is 10.1 Å². The highest BCUT2D eigenvalue weighted by atomic mass is 32.1. The van der Waals surface area contributed by atoms with Gasteiger partial charge in [-0.05, 0) is 42.8 Å². The molecule has 0 aliphatic heterocycles. The van der Waals surface area contributed by atoms with Crippen LogP contribution >= 0.6 is 11.3 Å². The smallest absolute Gasteiger partial charge is 0.119 e. The number of thiophene rings is 1.